The summed E-state index contributed by atoms with van der Waals surface area (Å²) in [7, 11) is 3.36. The van der Waals surface area contributed by atoms with Crippen LogP contribution in [0.2, 0.25) is 0 Å². The van der Waals surface area contributed by atoms with Gasteiger partial charge >= 0.3 is 0 Å². The number of hydrazone groups is 1. The number of hydrogen-bond donors (Lipinski definition) is 2. The van der Waals surface area contributed by atoms with Gasteiger partial charge < -0.3 is 14.8 Å². The van der Waals surface area contributed by atoms with Gasteiger partial charge in [-0.15, -0.1) is 11.8 Å². The highest BCUT2D eigenvalue weighted by molar-refractivity contribution is 9.10. The van der Waals surface area contributed by atoms with Crippen molar-refractivity contribution < 1.29 is 14.3 Å². The molecular weight excluding hydrogens is 574 g/mol. The molecule has 2 aliphatic rings. The zero-order valence-electron chi connectivity index (χ0n) is 22.2. The molecule has 6 nitrogen and oxygen atoms in total. The second kappa shape index (κ2) is 12.3. The van der Waals surface area contributed by atoms with E-state index in [0.717, 1.165) is 50.7 Å². The number of carbonyl (C=O) groups is 1. The monoisotopic (exact) mass is 605 g/mol. The van der Waals surface area contributed by atoms with Crippen LogP contribution < -0.4 is 20.2 Å². The molecular formula is C31H32BrN3O3S. The zero-order chi connectivity index (χ0) is 27.4. The number of halogens is 1. The van der Waals surface area contributed by atoms with E-state index in [-0.39, 0.29) is 17.9 Å². The molecule has 1 heterocycles. The van der Waals surface area contributed by atoms with E-state index in [1.807, 2.05) is 37.3 Å². The molecule has 1 aliphatic heterocycles. The number of benzene rings is 3. The first-order valence-corrected chi connectivity index (χ1v) is 14.9. The van der Waals surface area contributed by atoms with Crippen molar-refractivity contribution in [3.8, 4) is 11.5 Å². The van der Waals surface area contributed by atoms with E-state index in [4.69, 9.17) is 9.47 Å². The number of fused-ring (bicyclic) bond motifs is 3. The fraction of sp³-hybridized carbons (Fsp3) is 0.290. The third kappa shape index (κ3) is 5.87. The standard InChI is InChI=1S/C31H32BrN3O3S/c1-19(34-35-29(36)18-39-17-21-8-4-5-12-26(21)32)20-14-15-27-25(16-20)22-9-6-10-23(22)30(33-27)24-11-7-13-28(37-2)31(24)38-3/h4-9,11-16,22-23,30,33H,10,17-18H2,1-3H3,(H,35,36)/b34-19-/t22-,23+,30-/m1/s1. The van der Waals surface area contributed by atoms with E-state index in [1.54, 1.807) is 26.0 Å². The molecule has 0 bridgehead atoms. The van der Waals surface area contributed by atoms with Gasteiger partial charge in [0.05, 0.1) is 31.7 Å². The number of carbonyl (C=O) groups excluding carboxylic acids is 1. The molecule has 0 radical (unpaired) electrons. The Balaban J connectivity index is 1.29. The molecule has 0 saturated carbocycles. The van der Waals surface area contributed by atoms with E-state index in [0.29, 0.717) is 11.7 Å². The van der Waals surface area contributed by atoms with Crippen molar-refractivity contribution in [1.29, 1.82) is 0 Å². The number of methoxy groups -OCH3 is 2. The summed E-state index contributed by atoms with van der Waals surface area (Å²) >= 11 is 5.12. The maximum atomic E-state index is 12.4. The van der Waals surface area contributed by atoms with E-state index in [1.165, 1.54) is 11.1 Å². The van der Waals surface area contributed by atoms with Crippen LogP contribution in [-0.4, -0.2) is 31.6 Å². The van der Waals surface area contributed by atoms with Gasteiger partial charge in [-0.05, 0) is 60.2 Å². The largest absolute Gasteiger partial charge is 0.493 e. The van der Waals surface area contributed by atoms with Gasteiger partial charge in [-0.1, -0.05) is 64.5 Å². The number of rotatable bonds is 9. The third-order valence-electron chi connectivity index (χ3n) is 7.35. The van der Waals surface area contributed by atoms with Crippen molar-refractivity contribution in [1.82, 2.24) is 5.43 Å². The topological polar surface area (TPSA) is 72.0 Å². The van der Waals surface area contributed by atoms with Crippen LogP contribution in [0.15, 0.2) is 82.4 Å². The Hall–Kier alpha value is -3.23. The van der Waals surface area contributed by atoms with E-state index in [9.17, 15) is 4.79 Å². The van der Waals surface area contributed by atoms with Crippen LogP contribution in [0.25, 0.3) is 0 Å². The Morgan fingerprint density at radius 1 is 1.10 bits per heavy atom. The summed E-state index contributed by atoms with van der Waals surface area (Å²) in [4.78, 5) is 12.4. The average Bonchev–Trinajstić information content (AvgIpc) is 3.46. The first-order chi connectivity index (χ1) is 19.0. The molecule has 1 aliphatic carbocycles. The number of anilines is 1. The number of hydrogen-bond acceptors (Lipinski definition) is 6. The van der Waals surface area contributed by atoms with Crippen LogP contribution in [-0.2, 0) is 10.5 Å². The molecule has 0 fully saturated rings. The van der Waals surface area contributed by atoms with Gasteiger partial charge in [0.2, 0.25) is 5.91 Å². The lowest BCUT2D eigenvalue weighted by atomic mass is 9.76. The minimum atomic E-state index is -0.111. The minimum absolute atomic E-state index is 0.0939. The Morgan fingerprint density at radius 2 is 1.95 bits per heavy atom. The van der Waals surface area contributed by atoms with Crippen molar-refractivity contribution in [2.24, 2.45) is 11.0 Å². The maximum Gasteiger partial charge on any atom is 0.250 e. The lowest BCUT2D eigenvalue weighted by molar-refractivity contribution is -0.118. The number of thioether (sulfide) groups is 1. The third-order valence-corrected chi connectivity index (χ3v) is 9.10. The molecule has 39 heavy (non-hydrogen) atoms. The van der Waals surface area contributed by atoms with Crippen LogP contribution >= 0.6 is 27.7 Å². The van der Waals surface area contributed by atoms with Crippen LogP contribution in [0, 0.1) is 5.92 Å². The molecule has 0 aromatic heterocycles. The molecule has 1 amide bonds. The molecule has 202 valence electrons. The molecule has 8 heteroatoms. The predicted molar refractivity (Wildman–Crippen MR) is 163 cm³/mol. The van der Waals surface area contributed by atoms with E-state index >= 15 is 0 Å². The lowest BCUT2D eigenvalue weighted by Crippen LogP contribution is -2.29. The van der Waals surface area contributed by atoms with Gasteiger partial charge in [0.25, 0.3) is 0 Å². The normalized spacial score (nSPS) is 19.6. The Bertz CT molecular complexity index is 1420. The molecule has 3 aromatic carbocycles. The van der Waals surface area contributed by atoms with Crippen LogP contribution in [0.4, 0.5) is 5.69 Å². The molecule has 0 saturated heterocycles. The summed E-state index contributed by atoms with van der Waals surface area (Å²) in [5.41, 5.74) is 9.10. The molecule has 5 rings (SSSR count). The summed E-state index contributed by atoms with van der Waals surface area (Å²) in [5.74, 6) is 3.13. The van der Waals surface area contributed by atoms with Crippen molar-refractivity contribution in [3.05, 3.63) is 99.5 Å². The molecule has 0 unspecified atom stereocenters. The van der Waals surface area contributed by atoms with Crippen LogP contribution in [0.3, 0.4) is 0 Å². The van der Waals surface area contributed by atoms with Gasteiger partial charge in [-0.3, -0.25) is 4.79 Å². The minimum Gasteiger partial charge on any atom is -0.493 e. The van der Waals surface area contributed by atoms with Gasteiger partial charge in [-0.25, -0.2) is 5.43 Å². The molecule has 0 spiro atoms. The van der Waals surface area contributed by atoms with Crippen LogP contribution in [0.5, 0.6) is 11.5 Å². The maximum absolute atomic E-state index is 12.4. The van der Waals surface area contributed by atoms with Gasteiger partial charge in [0.15, 0.2) is 11.5 Å². The van der Waals surface area contributed by atoms with Gasteiger partial charge in [0.1, 0.15) is 0 Å². The highest BCUT2D eigenvalue weighted by atomic mass is 79.9. The summed E-state index contributed by atoms with van der Waals surface area (Å²) in [6, 6.07) is 20.6. The summed E-state index contributed by atoms with van der Waals surface area (Å²) in [5, 5.41) is 8.18. The first kappa shape index (κ1) is 27.3. The number of allylic oxidation sites excluding steroid dienone is 2. The summed E-state index contributed by atoms with van der Waals surface area (Å²) < 4.78 is 12.4. The fourth-order valence-corrected chi connectivity index (χ4v) is 6.83. The summed E-state index contributed by atoms with van der Waals surface area (Å²) in [6.07, 6.45) is 5.56. The number of ether oxygens (including phenoxy) is 2. The van der Waals surface area contributed by atoms with Crippen LogP contribution in [0.1, 0.15) is 47.6 Å². The number of amides is 1. The van der Waals surface area contributed by atoms with Crippen molar-refractivity contribution in [2.75, 3.05) is 25.3 Å². The van der Waals surface area contributed by atoms with Gasteiger partial charge in [-0.2, -0.15) is 5.10 Å². The van der Waals surface area contributed by atoms with Gasteiger partial charge in [0, 0.05) is 27.4 Å². The smallest absolute Gasteiger partial charge is 0.250 e. The lowest BCUT2D eigenvalue weighted by Gasteiger charge is -2.38. The first-order valence-electron chi connectivity index (χ1n) is 12.9. The summed E-state index contributed by atoms with van der Waals surface area (Å²) in [6.45, 7) is 1.93. The molecule has 3 aromatic rings. The molecule has 3 atom stereocenters. The Labute approximate surface area is 242 Å². The average molecular weight is 607 g/mol. The zero-order valence-corrected chi connectivity index (χ0v) is 24.6. The Morgan fingerprint density at radius 3 is 2.74 bits per heavy atom. The number of para-hydroxylation sites is 1. The van der Waals surface area contributed by atoms with Crippen molar-refractivity contribution >= 4 is 45.0 Å². The van der Waals surface area contributed by atoms with Crippen molar-refractivity contribution in [2.45, 2.75) is 31.1 Å². The quantitative estimate of drug-likeness (QED) is 0.155. The second-order valence-electron chi connectivity index (χ2n) is 9.68. The van der Waals surface area contributed by atoms with Crippen molar-refractivity contribution in [3.63, 3.8) is 0 Å². The fourth-order valence-electron chi connectivity index (χ4n) is 5.40. The molecule has 2 N–H and O–H groups in total. The second-order valence-corrected chi connectivity index (χ2v) is 11.5. The highest BCUT2D eigenvalue weighted by Crippen LogP contribution is 2.52. The number of nitrogens with one attached hydrogen (secondary N) is 2. The number of nitrogens with zero attached hydrogens (tertiary/aromatic N) is 1. The Kier molecular flexibility index (Phi) is 8.63. The highest BCUT2D eigenvalue weighted by Gasteiger charge is 2.39. The van der Waals surface area contributed by atoms with E-state index < -0.39 is 0 Å². The SMILES string of the molecule is COc1cccc([C@@H]2Nc3ccc(/C(C)=N\NC(=O)CSCc4ccccc4Br)cc3[C@@H]3C=CC[C@@H]32)c1OC. The van der Waals surface area contributed by atoms with E-state index in [2.05, 4.69) is 74.3 Å². The predicted octanol–water partition coefficient (Wildman–Crippen LogP) is 7.07.